The van der Waals surface area contributed by atoms with Crippen LogP contribution in [0.4, 0.5) is 13.2 Å². The molecule has 0 aromatic rings. The molecule has 0 amide bonds. The molecule has 1 aliphatic heterocycles. The lowest BCUT2D eigenvalue weighted by molar-refractivity contribution is -0.148. The van der Waals surface area contributed by atoms with E-state index in [1.54, 1.807) is 0 Å². The summed E-state index contributed by atoms with van der Waals surface area (Å²) < 4.78 is 42.9. The summed E-state index contributed by atoms with van der Waals surface area (Å²) in [6.07, 6.45) is -2.34. The van der Waals surface area contributed by atoms with Crippen molar-refractivity contribution in [3.05, 3.63) is 0 Å². The Morgan fingerprint density at radius 2 is 1.90 bits per heavy atom. The second-order valence-electron chi connectivity index (χ2n) is 7.05. The Bertz CT molecular complexity index is 294. The average molecular weight is 296 g/mol. The molecule has 1 rings (SSSR count). The zero-order valence-corrected chi connectivity index (χ0v) is 12.9. The monoisotopic (exact) mass is 296 g/mol. The van der Waals surface area contributed by atoms with Crippen LogP contribution in [0.2, 0.25) is 0 Å². The van der Waals surface area contributed by atoms with E-state index in [2.05, 4.69) is 26.1 Å². The van der Waals surface area contributed by atoms with Gasteiger partial charge in [-0.3, -0.25) is 4.90 Å². The zero-order valence-electron chi connectivity index (χ0n) is 12.9. The lowest BCUT2D eigenvalue weighted by Gasteiger charge is -2.41. The minimum absolute atomic E-state index is 0.0486. The molecule has 20 heavy (non-hydrogen) atoms. The molecule has 0 radical (unpaired) electrons. The Labute approximate surface area is 119 Å². The van der Waals surface area contributed by atoms with E-state index in [1.807, 2.05) is 0 Å². The number of rotatable bonds is 5. The largest absolute Gasteiger partial charge is 0.401 e. The van der Waals surface area contributed by atoms with Crippen LogP contribution in [0.5, 0.6) is 0 Å². The first-order valence-electron chi connectivity index (χ1n) is 7.10. The minimum Gasteiger partial charge on any atom is -0.381 e. The molecule has 6 heteroatoms. The number of ether oxygens (including phenoxy) is 1. The summed E-state index contributed by atoms with van der Waals surface area (Å²) in [5, 5.41) is 3.41. The van der Waals surface area contributed by atoms with Crippen molar-refractivity contribution in [3.8, 4) is 0 Å². The third kappa shape index (κ3) is 6.90. The van der Waals surface area contributed by atoms with Crippen LogP contribution < -0.4 is 5.32 Å². The van der Waals surface area contributed by atoms with Gasteiger partial charge in [-0.1, -0.05) is 0 Å². The van der Waals surface area contributed by atoms with Gasteiger partial charge in [-0.2, -0.15) is 13.2 Å². The maximum Gasteiger partial charge on any atom is 0.401 e. The molecule has 1 aliphatic rings. The van der Waals surface area contributed by atoms with Gasteiger partial charge in [-0.05, 0) is 40.7 Å². The molecule has 3 nitrogen and oxygen atoms in total. The van der Waals surface area contributed by atoms with Crippen LogP contribution in [-0.2, 0) is 4.74 Å². The van der Waals surface area contributed by atoms with Gasteiger partial charge in [-0.25, -0.2) is 0 Å². The van der Waals surface area contributed by atoms with Crippen LogP contribution in [0.1, 0.15) is 33.6 Å². The van der Waals surface area contributed by atoms with Crippen molar-refractivity contribution in [3.63, 3.8) is 0 Å². The number of hydrogen-bond donors (Lipinski definition) is 1. The van der Waals surface area contributed by atoms with E-state index in [0.717, 1.165) is 12.8 Å². The first-order valence-corrected chi connectivity index (χ1v) is 7.10. The average Bonchev–Trinajstić information content (AvgIpc) is 2.24. The van der Waals surface area contributed by atoms with E-state index in [4.69, 9.17) is 4.74 Å². The minimum atomic E-state index is -4.15. The molecule has 0 spiro atoms. The Balaban J connectivity index is 2.63. The number of nitrogens with zero attached hydrogens (tertiary/aromatic N) is 1. The number of hydrogen-bond acceptors (Lipinski definition) is 3. The molecule has 0 aromatic carbocycles. The molecular formula is C14H27F3N2O. The maximum absolute atomic E-state index is 12.5. The summed E-state index contributed by atoms with van der Waals surface area (Å²) in [6, 6.07) is 0. The smallest absolute Gasteiger partial charge is 0.381 e. The summed E-state index contributed by atoms with van der Waals surface area (Å²) in [5.74, 6) is 0. The third-order valence-corrected chi connectivity index (χ3v) is 3.45. The fourth-order valence-corrected chi connectivity index (χ4v) is 2.62. The molecule has 1 fully saturated rings. The Morgan fingerprint density at radius 3 is 2.35 bits per heavy atom. The van der Waals surface area contributed by atoms with Gasteiger partial charge in [0, 0.05) is 30.7 Å². The number of nitrogens with one attached hydrogen (secondary N) is 1. The van der Waals surface area contributed by atoms with Crippen molar-refractivity contribution >= 4 is 0 Å². The van der Waals surface area contributed by atoms with E-state index in [1.165, 1.54) is 11.9 Å². The van der Waals surface area contributed by atoms with Gasteiger partial charge in [0.2, 0.25) is 0 Å². The van der Waals surface area contributed by atoms with Crippen LogP contribution in [-0.4, -0.2) is 56.5 Å². The SMILES string of the molecule is CN(CC(F)(F)F)CC1(CNC(C)(C)C)CCCOC1. The second kappa shape index (κ2) is 6.62. The van der Waals surface area contributed by atoms with Crippen molar-refractivity contribution in [1.29, 1.82) is 0 Å². The normalized spacial score (nSPS) is 25.2. The fraction of sp³-hybridized carbons (Fsp3) is 1.00. The first kappa shape index (κ1) is 17.7. The molecule has 1 atom stereocenters. The highest BCUT2D eigenvalue weighted by atomic mass is 19.4. The van der Waals surface area contributed by atoms with E-state index >= 15 is 0 Å². The molecule has 1 saturated heterocycles. The lowest BCUT2D eigenvalue weighted by atomic mass is 9.81. The third-order valence-electron chi connectivity index (χ3n) is 3.45. The molecular weight excluding hydrogens is 269 g/mol. The van der Waals surface area contributed by atoms with Crippen LogP contribution in [0.25, 0.3) is 0 Å². The topological polar surface area (TPSA) is 24.5 Å². The van der Waals surface area contributed by atoms with Crippen molar-refractivity contribution in [2.45, 2.75) is 45.3 Å². The molecule has 0 bridgehead atoms. The van der Waals surface area contributed by atoms with Gasteiger partial charge in [0.15, 0.2) is 0 Å². The van der Waals surface area contributed by atoms with Crippen molar-refractivity contribution in [1.82, 2.24) is 10.2 Å². The van der Waals surface area contributed by atoms with Crippen molar-refractivity contribution < 1.29 is 17.9 Å². The lowest BCUT2D eigenvalue weighted by Crippen LogP contribution is -2.52. The van der Waals surface area contributed by atoms with Gasteiger partial charge in [0.1, 0.15) is 0 Å². The summed E-state index contributed by atoms with van der Waals surface area (Å²) in [4.78, 5) is 1.36. The van der Waals surface area contributed by atoms with E-state index in [-0.39, 0.29) is 11.0 Å². The fourth-order valence-electron chi connectivity index (χ4n) is 2.62. The predicted octanol–water partition coefficient (Wildman–Crippen LogP) is 2.67. The molecule has 1 heterocycles. The maximum atomic E-state index is 12.5. The van der Waals surface area contributed by atoms with Crippen LogP contribution in [0.15, 0.2) is 0 Å². The summed E-state index contributed by atoms with van der Waals surface area (Å²) in [6.45, 7) is 7.62. The van der Waals surface area contributed by atoms with Crippen LogP contribution in [0.3, 0.4) is 0 Å². The van der Waals surface area contributed by atoms with Gasteiger partial charge in [0.05, 0.1) is 13.2 Å². The molecule has 0 aromatic heterocycles. The van der Waals surface area contributed by atoms with Gasteiger partial charge < -0.3 is 10.1 Å². The van der Waals surface area contributed by atoms with Gasteiger partial charge in [-0.15, -0.1) is 0 Å². The Hall–Kier alpha value is -0.330. The zero-order chi connectivity index (χ0) is 15.4. The van der Waals surface area contributed by atoms with E-state index in [9.17, 15) is 13.2 Å². The van der Waals surface area contributed by atoms with Crippen molar-refractivity contribution in [2.75, 3.05) is 39.9 Å². The summed E-state index contributed by atoms with van der Waals surface area (Å²) >= 11 is 0. The Kier molecular flexibility index (Phi) is 5.87. The highest BCUT2D eigenvalue weighted by molar-refractivity contribution is 4.89. The van der Waals surface area contributed by atoms with Crippen LogP contribution >= 0.6 is 0 Å². The van der Waals surface area contributed by atoms with Crippen LogP contribution in [0, 0.1) is 5.41 Å². The van der Waals surface area contributed by atoms with E-state index in [0.29, 0.717) is 26.3 Å². The molecule has 120 valence electrons. The quantitative estimate of drug-likeness (QED) is 0.844. The Morgan fingerprint density at radius 1 is 1.25 bits per heavy atom. The van der Waals surface area contributed by atoms with Gasteiger partial charge >= 0.3 is 6.18 Å². The molecule has 0 saturated carbocycles. The van der Waals surface area contributed by atoms with E-state index < -0.39 is 12.7 Å². The number of alkyl halides is 3. The van der Waals surface area contributed by atoms with Gasteiger partial charge in [0.25, 0.3) is 0 Å². The highest BCUT2D eigenvalue weighted by Crippen LogP contribution is 2.30. The summed E-state index contributed by atoms with van der Waals surface area (Å²) in [7, 11) is 1.53. The molecule has 1 N–H and O–H groups in total. The number of halogens is 3. The van der Waals surface area contributed by atoms with Crippen molar-refractivity contribution in [2.24, 2.45) is 5.41 Å². The molecule has 0 aliphatic carbocycles. The standard InChI is InChI=1S/C14H27F3N2O/c1-12(2,3)18-8-13(6-5-7-20-11-13)9-19(4)10-14(15,16)17/h18H,5-11H2,1-4H3. The molecule has 1 unspecified atom stereocenters. The predicted molar refractivity (Wildman–Crippen MR) is 73.8 cm³/mol. The second-order valence-corrected chi connectivity index (χ2v) is 7.05. The highest BCUT2D eigenvalue weighted by Gasteiger charge is 2.37. The summed E-state index contributed by atoms with van der Waals surface area (Å²) in [5.41, 5.74) is -0.279. The first-order chi connectivity index (χ1) is 9.02.